The third-order valence-electron chi connectivity index (χ3n) is 7.92. The second-order valence-corrected chi connectivity index (χ2v) is 10.4. The van der Waals surface area contributed by atoms with E-state index in [9.17, 15) is 4.79 Å². The Hall–Kier alpha value is -4.07. The highest BCUT2D eigenvalue weighted by Crippen LogP contribution is 2.53. The van der Waals surface area contributed by atoms with Crippen LogP contribution in [0.1, 0.15) is 47.8 Å². The van der Waals surface area contributed by atoms with E-state index in [1.807, 2.05) is 17.0 Å². The Morgan fingerprint density at radius 2 is 2.27 bits per heavy atom. The number of halogens is 1. The number of carbonyl (C=O) groups is 1. The van der Waals surface area contributed by atoms with Gasteiger partial charge in [0.1, 0.15) is 17.7 Å². The molecule has 10 nitrogen and oxygen atoms in total. The number of amides is 1. The van der Waals surface area contributed by atoms with Crippen molar-refractivity contribution < 1.29 is 13.9 Å². The molecule has 4 aliphatic rings. The van der Waals surface area contributed by atoms with E-state index in [0.717, 1.165) is 30.3 Å². The van der Waals surface area contributed by atoms with Gasteiger partial charge in [-0.3, -0.25) is 9.89 Å². The van der Waals surface area contributed by atoms with Crippen molar-refractivity contribution >= 4 is 22.8 Å². The van der Waals surface area contributed by atoms with Gasteiger partial charge >= 0.3 is 6.01 Å². The van der Waals surface area contributed by atoms with Crippen LogP contribution in [-0.2, 0) is 0 Å². The van der Waals surface area contributed by atoms with Crippen LogP contribution in [0.25, 0.3) is 11.0 Å². The Bertz CT molecular complexity index is 1480. The largest absolute Gasteiger partial charge is 0.463 e. The highest BCUT2D eigenvalue weighted by atomic mass is 19.1. The zero-order valence-electron chi connectivity index (χ0n) is 20.0. The van der Waals surface area contributed by atoms with E-state index >= 15 is 4.39 Å². The first-order valence-corrected chi connectivity index (χ1v) is 12.7. The number of nitrogens with one attached hydrogen (secondary N) is 2. The molecular weight excluding hydrogens is 475 g/mol. The number of carbonyl (C=O) groups excluding carboxylic acids is 1. The van der Waals surface area contributed by atoms with Crippen molar-refractivity contribution in [3.8, 4) is 12.1 Å². The zero-order valence-corrected chi connectivity index (χ0v) is 20.0. The molecule has 0 aromatic carbocycles. The highest BCUT2D eigenvalue weighted by molar-refractivity contribution is 5.94. The number of pyridine rings is 1. The highest BCUT2D eigenvalue weighted by Gasteiger charge is 2.43. The van der Waals surface area contributed by atoms with Crippen LogP contribution < -0.4 is 15.0 Å². The Morgan fingerprint density at radius 1 is 1.35 bits per heavy atom. The lowest BCUT2D eigenvalue weighted by molar-refractivity contribution is 0.0956. The van der Waals surface area contributed by atoms with E-state index in [1.54, 1.807) is 12.3 Å². The number of hydrogen-bond acceptors (Lipinski definition) is 8. The molecule has 37 heavy (non-hydrogen) atoms. The molecule has 1 saturated heterocycles. The molecular formula is C26H25FN8O2. The molecule has 4 heterocycles. The average molecular weight is 501 g/mol. The molecule has 5 atom stereocenters. The van der Waals surface area contributed by atoms with Gasteiger partial charge in [0.2, 0.25) is 0 Å². The Balaban J connectivity index is 1.11. The van der Waals surface area contributed by atoms with Crippen LogP contribution in [0.3, 0.4) is 0 Å². The third kappa shape index (κ3) is 4.06. The number of rotatable bonds is 7. The summed E-state index contributed by atoms with van der Waals surface area (Å²) in [4.78, 5) is 28.0. The first-order valence-electron chi connectivity index (χ1n) is 12.7. The molecule has 2 saturated carbocycles. The minimum Gasteiger partial charge on any atom is -0.463 e. The van der Waals surface area contributed by atoms with Gasteiger partial charge in [-0.15, -0.1) is 0 Å². The van der Waals surface area contributed by atoms with E-state index in [4.69, 9.17) is 10.00 Å². The predicted octanol–water partition coefficient (Wildman–Crippen LogP) is 3.03. The number of allylic oxidation sites excluding steroid dienone is 2. The second kappa shape index (κ2) is 8.50. The minimum absolute atomic E-state index is 0.0101. The maximum atomic E-state index is 15.5. The van der Waals surface area contributed by atoms with Crippen molar-refractivity contribution in [3.05, 3.63) is 47.1 Å². The molecule has 0 radical (unpaired) electrons. The van der Waals surface area contributed by atoms with Crippen molar-refractivity contribution in [2.24, 2.45) is 17.8 Å². The monoisotopic (exact) mass is 500 g/mol. The summed E-state index contributed by atoms with van der Waals surface area (Å²) in [6.45, 7) is 0.952. The van der Waals surface area contributed by atoms with Crippen molar-refractivity contribution in [3.63, 3.8) is 0 Å². The molecule has 3 fully saturated rings. The fraction of sp³-hybridized carbons (Fsp3) is 0.462. The van der Waals surface area contributed by atoms with Crippen molar-refractivity contribution in [1.29, 1.82) is 5.26 Å². The number of alkyl halides is 1. The molecule has 7 rings (SSSR count). The van der Waals surface area contributed by atoms with Gasteiger partial charge in [-0.05, 0) is 49.3 Å². The lowest BCUT2D eigenvalue weighted by Crippen LogP contribution is -2.41. The maximum absolute atomic E-state index is 15.5. The molecule has 1 aliphatic heterocycles. The molecule has 3 aromatic rings. The van der Waals surface area contributed by atoms with Crippen LogP contribution >= 0.6 is 0 Å². The van der Waals surface area contributed by atoms with E-state index in [1.165, 1.54) is 5.57 Å². The van der Waals surface area contributed by atoms with Gasteiger partial charge in [-0.2, -0.15) is 20.3 Å². The third-order valence-corrected chi connectivity index (χ3v) is 7.92. The van der Waals surface area contributed by atoms with E-state index in [0.29, 0.717) is 42.6 Å². The molecule has 0 spiro atoms. The van der Waals surface area contributed by atoms with Crippen LogP contribution in [0.5, 0.6) is 6.01 Å². The van der Waals surface area contributed by atoms with Crippen LogP contribution in [0, 0.1) is 29.1 Å². The first kappa shape index (κ1) is 22.2. The lowest BCUT2D eigenvalue weighted by Gasteiger charge is -2.35. The number of nitriles is 1. The lowest BCUT2D eigenvalue weighted by atomic mass is 9.90. The summed E-state index contributed by atoms with van der Waals surface area (Å²) in [7, 11) is 0. The molecule has 0 bridgehead atoms. The number of aromatic nitrogens is 5. The predicted molar refractivity (Wildman–Crippen MR) is 130 cm³/mol. The summed E-state index contributed by atoms with van der Waals surface area (Å²) < 4.78 is 21.4. The minimum atomic E-state index is -1.19. The quantitative estimate of drug-likeness (QED) is 0.506. The molecule has 188 valence electrons. The van der Waals surface area contributed by atoms with Crippen LogP contribution in [0.2, 0.25) is 0 Å². The van der Waals surface area contributed by atoms with Crippen LogP contribution in [-0.4, -0.2) is 56.9 Å². The SMILES string of the molecule is N#C[C@@H]1C[C@@H]1COc1nc(C(=O)NC2=C3CC3C2)cc(N2CCC(c3n[nH]c4ncccc34)C(F)C2)n1. The van der Waals surface area contributed by atoms with Gasteiger partial charge in [0.05, 0.1) is 30.8 Å². The number of hydrogen-bond donors (Lipinski definition) is 2. The standard InChI is InChI=1S/C26H25FN8O2/c27-19-11-35(5-3-16(19)23-17-2-1-4-29-24(17)34-33-23)22-9-21(25(36)30-20-8-13-7-18(13)20)31-26(32-22)37-12-15-6-14(15)10-28/h1-2,4,9,13-16,19H,3,5-8,11-12H2,(H,30,36)(H,29,33,34)/t13?,14-,15+,16?,19?/m0/s1. The van der Waals surface area contributed by atoms with Gasteiger partial charge in [0.25, 0.3) is 5.91 Å². The van der Waals surface area contributed by atoms with Crippen LogP contribution in [0.4, 0.5) is 10.2 Å². The summed E-state index contributed by atoms with van der Waals surface area (Å²) in [5.74, 6) is 0.548. The van der Waals surface area contributed by atoms with Gasteiger partial charge in [-0.1, -0.05) is 0 Å². The number of piperidine rings is 1. The molecule has 1 amide bonds. The summed E-state index contributed by atoms with van der Waals surface area (Å²) in [5, 5.41) is 20.1. The van der Waals surface area contributed by atoms with Crippen molar-refractivity contribution in [1.82, 2.24) is 30.5 Å². The molecule has 3 aromatic heterocycles. The Labute approximate surface area is 211 Å². The summed E-state index contributed by atoms with van der Waals surface area (Å²) in [6.07, 6.45) is 3.77. The van der Waals surface area contributed by atoms with E-state index in [-0.39, 0.29) is 41.9 Å². The maximum Gasteiger partial charge on any atom is 0.319 e. The second-order valence-electron chi connectivity index (χ2n) is 10.4. The Kier molecular flexibility index (Phi) is 5.09. The molecule has 3 unspecified atom stereocenters. The molecule has 11 heteroatoms. The topological polar surface area (TPSA) is 133 Å². The fourth-order valence-electron chi connectivity index (χ4n) is 5.46. The smallest absolute Gasteiger partial charge is 0.319 e. The van der Waals surface area contributed by atoms with E-state index in [2.05, 4.69) is 36.5 Å². The van der Waals surface area contributed by atoms with E-state index < -0.39 is 6.17 Å². The van der Waals surface area contributed by atoms with Gasteiger partial charge in [-0.25, -0.2) is 9.37 Å². The van der Waals surface area contributed by atoms with Gasteiger partial charge in [0, 0.05) is 41.7 Å². The summed E-state index contributed by atoms with van der Waals surface area (Å²) >= 11 is 0. The number of anilines is 1. The van der Waals surface area contributed by atoms with Gasteiger partial charge in [0.15, 0.2) is 5.65 Å². The normalized spacial score (nSPS) is 27.8. The number of fused-ring (bicyclic) bond motifs is 2. The van der Waals surface area contributed by atoms with Gasteiger partial charge < -0.3 is 15.0 Å². The van der Waals surface area contributed by atoms with Crippen LogP contribution in [0.15, 0.2) is 35.7 Å². The van der Waals surface area contributed by atoms with Crippen molar-refractivity contribution in [2.75, 3.05) is 24.6 Å². The molecule has 3 aliphatic carbocycles. The summed E-state index contributed by atoms with van der Waals surface area (Å²) in [5.41, 5.74) is 3.82. The number of aromatic amines is 1. The summed E-state index contributed by atoms with van der Waals surface area (Å²) in [6, 6.07) is 7.64. The number of H-pyrrole nitrogens is 1. The fourth-order valence-corrected chi connectivity index (χ4v) is 5.46. The molecule has 2 N–H and O–H groups in total. The zero-order chi connectivity index (χ0) is 25.1. The Morgan fingerprint density at radius 3 is 3.03 bits per heavy atom. The van der Waals surface area contributed by atoms with Crippen molar-refractivity contribution in [2.45, 2.75) is 37.8 Å². The number of nitrogens with zero attached hydrogens (tertiary/aromatic N) is 6. The average Bonchev–Trinajstić information content (AvgIpc) is 3.78. The number of ether oxygens (including phenoxy) is 1. The first-order chi connectivity index (χ1) is 18.1.